The summed E-state index contributed by atoms with van der Waals surface area (Å²) in [6.45, 7) is 4.02. The predicted molar refractivity (Wildman–Crippen MR) is 81.7 cm³/mol. The fraction of sp³-hybridized carbons (Fsp3) is 0.571. The molecule has 1 aromatic carbocycles. The van der Waals surface area contributed by atoms with Gasteiger partial charge < -0.3 is 10.1 Å². The predicted octanol–water partition coefficient (Wildman–Crippen LogP) is 4.14. The minimum Gasteiger partial charge on any atom is -0.381 e. The fourth-order valence-corrected chi connectivity index (χ4v) is 3.62. The van der Waals surface area contributed by atoms with E-state index in [0.29, 0.717) is 17.9 Å². The van der Waals surface area contributed by atoms with E-state index in [1.54, 1.807) is 0 Å². The van der Waals surface area contributed by atoms with Gasteiger partial charge in [0.25, 0.3) is 0 Å². The van der Waals surface area contributed by atoms with Crippen molar-refractivity contribution in [1.82, 2.24) is 5.32 Å². The van der Waals surface area contributed by atoms with Crippen LogP contribution in [0.2, 0.25) is 0 Å². The molecular formula is C14H19Br2NO. The molecule has 0 spiro atoms. The highest BCUT2D eigenvalue weighted by molar-refractivity contribution is 9.11. The first-order chi connectivity index (χ1) is 8.63. The van der Waals surface area contributed by atoms with Gasteiger partial charge in [-0.15, -0.1) is 0 Å². The molecule has 1 aliphatic rings. The zero-order valence-corrected chi connectivity index (χ0v) is 13.9. The summed E-state index contributed by atoms with van der Waals surface area (Å²) in [6.07, 6.45) is 1.12. The van der Waals surface area contributed by atoms with Crippen molar-refractivity contribution >= 4 is 31.9 Å². The van der Waals surface area contributed by atoms with Crippen LogP contribution in [-0.2, 0) is 4.74 Å². The van der Waals surface area contributed by atoms with Crippen molar-refractivity contribution < 1.29 is 4.74 Å². The zero-order valence-electron chi connectivity index (χ0n) is 10.7. The van der Waals surface area contributed by atoms with E-state index < -0.39 is 0 Å². The van der Waals surface area contributed by atoms with Crippen molar-refractivity contribution in [3.05, 3.63) is 32.7 Å². The lowest BCUT2D eigenvalue weighted by Crippen LogP contribution is -2.35. The molecule has 1 N–H and O–H groups in total. The monoisotopic (exact) mass is 375 g/mol. The third kappa shape index (κ3) is 3.16. The molecule has 2 rings (SSSR count). The number of halogens is 2. The summed E-state index contributed by atoms with van der Waals surface area (Å²) in [5.74, 6) is 1.21. The molecule has 0 amide bonds. The molecule has 1 fully saturated rings. The molecule has 0 bridgehead atoms. The molecule has 0 aliphatic carbocycles. The Bertz CT molecular complexity index is 411. The van der Waals surface area contributed by atoms with Crippen LogP contribution in [0, 0.1) is 11.8 Å². The molecule has 3 unspecified atom stereocenters. The van der Waals surface area contributed by atoms with Crippen molar-refractivity contribution in [2.24, 2.45) is 11.8 Å². The van der Waals surface area contributed by atoms with E-state index in [2.05, 4.69) is 62.3 Å². The van der Waals surface area contributed by atoms with Gasteiger partial charge in [-0.25, -0.2) is 0 Å². The Hall–Kier alpha value is 0.1000. The standard InChI is InChI=1S/C14H19Br2NO/c1-9-8-18-6-5-11(9)14(17-2)12-7-10(15)3-4-13(12)16/h3-4,7,9,11,14,17H,5-6,8H2,1-2H3. The van der Waals surface area contributed by atoms with Gasteiger partial charge in [0.2, 0.25) is 0 Å². The second-order valence-electron chi connectivity index (χ2n) is 4.94. The van der Waals surface area contributed by atoms with Crippen LogP contribution in [0.15, 0.2) is 27.1 Å². The Morgan fingerprint density at radius 2 is 2.17 bits per heavy atom. The largest absolute Gasteiger partial charge is 0.381 e. The molecule has 4 heteroatoms. The number of hydrogen-bond donors (Lipinski definition) is 1. The van der Waals surface area contributed by atoms with E-state index in [4.69, 9.17) is 4.74 Å². The molecule has 3 atom stereocenters. The summed E-state index contributed by atoms with van der Waals surface area (Å²) in [7, 11) is 2.04. The van der Waals surface area contributed by atoms with Gasteiger partial charge in [0, 0.05) is 28.2 Å². The normalized spacial score (nSPS) is 26.0. The Morgan fingerprint density at radius 3 is 2.83 bits per heavy atom. The molecule has 1 saturated heterocycles. The number of rotatable bonds is 3. The molecular weight excluding hydrogens is 358 g/mol. The average Bonchev–Trinajstić information content (AvgIpc) is 2.36. The lowest BCUT2D eigenvalue weighted by atomic mass is 9.80. The van der Waals surface area contributed by atoms with E-state index >= 15 is 0 Å². The molecule has 1 heterocycles. The highest BCUT2D eigenvalue weighted by Crippen LogP contribution is 2.37. The van der Waals surface area contributed by atoms with Crippen LogP contribution >= 0.6 is 31.9 Å². The van der Waals surface area contributed by atoms with Gasteiger partial charge in [-0.2, -0.15) is 0 Å². The van der Waals surface area contributed by atoms with Crippen LogP contribution < -0.4 is 5.32 Å². The quantitative estimate of drug-likeness (QED) is 0.855. The second-order valence-corrected chi connectivity index (χ2v) is 6.71. The summed E-state index contributed by atoms with van der Waals surface area (Å²) in [5.41, 5.74) is 1.32. The first-order valence-electron chi connectivity index (χ1n) is 6.33. The third-order valence-electron chi connectivity index (χ3n) is 3.74. The SMILES string of the molecule is CNC(c1cc(Br)ccc1Br)C1CCOCC1C. The maximum Gasteiger partial charge on any atom is 0.0494 e. The van der Waals surface area contributed by atoms with E-state index in [1.165, 1.54) is 10.0 Å². The van der Waals surface area contributed by atoms with E-state index in [-0.39, 0.29) is 0 Å². The topological polar surface area (TPSA) is 21.3 Å². The van der Waals surface area contributed by atoms with Crippen LogP contribution in [-0.4, -0.2) is 20.3 Å². The summed E-state index contributed by atoms with van der Waals surface area (Å²) in [5, 5.41) is 3.48. The lowest BCUT2D eigenvalue weighted by Gasteiger charge is -2.36. The van der Waals surface area contributed by atoms with Crippen LogP contribution in [0.1, 0.15) is 24.9 Å². The smallest absolute Gasteiger partial charge is 0.0494 e. The second kappa shape index (κ2) is 6.51. The van der Waals surface area contributed by atoms with Gasteiger partial charge in [0.05, 0.1) is 0 Å². The summed E-state index contributed by atoms with van der Waals surface area (Å²) in [4.78, 5) is 0. The minimum atomic E-state index is 0.371. The minimum absolute atomic E-state index is 0.371. The van der Waals surface area contributed by atoms with Crippen LogP contribution in [0.25, 0.3) is 0 Å². The van der Waals surface area contributed by atoms with Gasteiger partial charge in [-0.1, -0.05) is 38.8 Å². The van der Waals surface area contributed by atoms with Crippen molar-refractivity contribution in [2.45, 2.75) is 19.4 Å². The summed E-state index contributed by atoms with van der Waals surface area (Å²) in [6, 6.07) is 6.74. The number of hydrogen-bond acceptors (Lipinski definition) is 2. The molecule has 0 aromatic heterocycles. The molecule has 18 heavy (non-hydrogen) atoms. The number of benzene rings is 1. The van der Waals surface area contributed by atoms with Crippen LogP contribution in [0.5, 0.6) is 0 Å². The van der Waals surface area contributed by atoms with Crippen molar-refractivity contribution in [3.8, 4) is 0 Å². The Balaban J connectivity index is 2.29. The average molecular weight is 377 g/mol. The van der Waals surface area contributed by atoms with Gasteiger partial charge >= 0.3 is 0 Å². The fourth-order valence-electron chi connectivity index (χ4n) is 2.75. The van der Waals surface area contributed by atoms with Gasteiger partial charge in [-0.3, -0.25) is 0 Å². The van der Waals surface area contributed by atoms with E-state index in [1.807, 2.05) is 7.05 Å². The molecule has 0 saturated carbocycles. The molecule has 100 valence electrons. The zero-order chi connectivity index (χ0) is 13.1. The van der Waals surface area contributed by atoms with E-state index in [0.717, 1.165) is 24.1 Å². The van der Waals surface area contributed by atoms with Gasteiger partial charge in [0.1, 0.15) is 0 Å². The van der Waals surface area contributed by atoms with Crippen molar-refractivity contribution in [3.63, 3.8) is 0 Å². The summed E-state index contributed by atoms with van der Waals surface area (Å²) >= 11 is 7.23. The molecule has 2 nitrogen and oxygen atoms in total. The van der Waals surface area contributed by atoms with Crippen molar-refractivity contribution in [2.75, 3.05) is 20.3 Å². The maximum atomic E-state index is 5.55. The van der Waals surface area contributed by atoms with Gasteiger partial charge in [-0.05, 0) is 49.1 Å². The Labute approximate surface area is 126 Å². The molecule has 0 radical (unpaired) electrons. The highest BCUT2D eigenvalue weighted by atomic mass is 79.9. The molecule has 1 aliphatic heterocycles. The van der Waals surface area contributed by atoms with Gasteiger partial charge in [0.15, 0.2) is 0 Å². The number of nitrogens with one attached hydrogen (secondary N) is 1. The third-order valence-corrected chi connectivity index (χ3v) is 4.95. The first kappa shape index (κ1) is 14.5. The molecule has 1 aromatic rings. The van der Waals surface area contributed by atoms with Crippen LogP contribution in [0.3, 0.4) is 0 Å². The van der Waals surface area contributed by atoms with Crippen LogP contribution in [0.4, 0.5) is 0 Å². The van der Waals surface area contributed by atoms with E-state index in [9.17, 15) is 0 Å². The maximum absolute atomic E-state index is 5.55. The van der Waals surface area contributed by atoms with Crippen molar-refractivity contribution in [1.29, 1.82) is 0 Å². The Morgan fingerprint density at radius 1 is 1.39 bits per heavy atom. The lowest BCUT2D eigenvalue weighted by molar-refractivity contribution is 0.0114. The first-order valence-corrected chi connectivity index (χ1v) is 7.92. The Kier molecular flexibility index (Phi) is 5.24. The highest BCUT2D eigenvalue weighted by Gasteiger charge is 2.30. The summed E-state index contributed by atoms with van der Waals surface area (Å²) < 4.78 is 7.84. The number of ether oxygens (including phenoxy) is 1.